The van der Waals surface area contributed by atoms with Gasteiger partial charge in [-0.05, 0) is 41.8 Å². The molecule has 0 aliphatic carbocycles. The van der Waals surface area contributed by atoms with Crippen molar-refractivity contribution >= 4 is 11.7 Å². The first-order valence-corrected chi connectivity index (χ1v) is 9.54. The highest BCUT2D eigenvalue weighted by atomic mass is 16.2. The Hall–Kier alpha value is -3.28. The highest BCUT2D eigenvalue weighted by Gasteiger charge is 2.14. The summed E-state index contributed by atoms with van der Waals surface area (Å²) in [5, 5.41) is 13.6. The van der Waals surface area contributed by atoms with Gasteiger partial charge in [-0.2, -0.15) is 5.10 Å². The van der Waals surface area contributed by atoms with Crippen molar-refractivity contribution in [3.8, 4) is 5.69 Å². The molecule has 0 aliphatic heterocycles. The normalized spacial score (nSPS) is 11.8. The number of anilines is 1. The summed E-state index contributed by atoms with van der Waals surface area (Å²) >= 11 is 0. The van der Waals surface area contributed by atoms with E-state index in [0.717, 1.165) is 16.9 Å². The number of nitrogens with zero attached hydrogens (tertiary/aromatic N) is 2. The summed E-state index contributed by atoms with van der Waals surface area (Å²) < 4.78 is 1.80. The standard InChI is InChI=1S/C22H27N5O/c1-17(2)21(26-19-9-4-3-5-10-19)16-24-22(28)23-15-18-8-6-11-20(14-18)27-13-7-12-25-27/h3-14,17,21,26H,15-16H2,1-2H3,(H2,23,24,28). The van der Waals surface area contributed by atoms with Crippen molar-refractivity contribution in [3.05, 3.63) is 78.6 Å². The molecule has 0 spiro atoms. The minimum atomic E-state index is -0.176. The van der Waals surface area contributed by atoms with E-state index in [1.54, 1.807) is 10.9 Å². The number of benzene rings is 2. The van der Waals surface area contributed by atoms with Crippen LogP contribution < -0.4 is 16.0 Å². The molecule has 1 heterocycles. The van der Waals surface area contributed by atoms with Gasteiger partial charge in [0.25, 0.3) is 0 Å². The van der Waals surface area contributed by atoms with Gasteiger partial charge in [-0.25, -0.2) is 9.48 Å². The number of hydrogen-bond donors (Lipinski definition) is 3. The lowest BCUT2D eigenvalue weighted by Crippen LogP contribution is -2.43. The maximum absolute atomic E-state index is 12.2. The number of carbonyl (C=O) groups is 1. The lowest BCUT2D eigenvalue weighted by Gasteiger charge is -2.24. The Labute approximate surface area is 166 Å². The monoisotopic (exact) mass is 377 g/mol. The van der Waals surface area contributed by atoms with Crippen LogP contribution in [0.25, 0.3) is 5.69 Å². The van der Waals surface area contributed by atoms with E-state index in [1.165, 1.54) is 0 Å². The van der Waals surface area contributed by atoms with Crippen LogP contribution in [0.1, 0.15) is 19.4 Å². The number of para-hydroxylation sites is 1. The molecule has 0 saturated carbocycles. The first kappa shape index (κ1) is 19.5. The van der Waals surface area contributed by atoms with Crippen LogP contribution in [0.15, 0.2) is 73.1 Å². The molecule has 1 atom stereocenters. The van der Waals surface area contributed by atoms with Crippen LogP contribution in [0.5, 0.6) is 0 Å². The molecule has 1 unspecified atom stereocenters. The van der Waals surface area contributed by atoms with E-state index < -0.39 is 0 Å². The zero-order valence-corrected chi connectivity index (χ0v) is 16.3. The molecular weight excluding hydrogens is 350 g/mol. The summed E-state index contributed by atoms with van der Waals surface area (Å²) in [4.78, 5) is 12.2. The minimum absolute atomic E-state index is 0.149. The zero-order valence-electron chi connectivity index (χ0n) is 16.3. The molecule has 2 aromatic carbocycles. The Balaban J connectivity index is 1.49. The molecule has 146 valence electrons. The summed E-state index contributed by atoms with van der Waals surface area (Å²) in [6.07, 6.45) is 3.64. The van der Waals surface area contributed by atoms with Crippen LogP contribution in [0.2, 0.25) is 0 Å². The summed E-state index contributed by atoms with van der Waals surface area (Å²) in [5.74, 6) is 0.381. The fraction of sp³-hybridized carbons (Fsp3) is 0.273. The van der Waals surface area contributed by atoms with Gasteiger partial charge in [0.2, 0.25) is 0 Å². The molecule has 0 aliphatic rings. The first-order chi connectivity index (χ1) is 13.6. The van der Waals surface area contributed by atoms with Crippen LogP contribution in [0, 0.1) is 5.92 Å². The van der Waals surface area contributed by atoms with Gasteiger partial charge in [0.1, 0.15) is 0 Å². The van der Waals surface area contributed by atoms with Crippen LogP contribution in [0.4, 0.5) is 10.5 Å². The molecule has 1 aromatic heterocycles. The van der Waals surface area contributed by atoms with Crippen molar-refractivity contribution in [3.63, 3.8) is 0 Å². The second kappa shape index (κ2) is 9.60. The summed E-state index contributed by atoms with van der Waals surface area (Å²) in [7, 11) is 0. The third-order valence-corrected chi connectivity index (χ3v) is 4.55. The fourth-order valence-electron chi connectivity index (χ4n) is 2.88. The predicted molar refractivity (Wildman–Crippen MR) is 112 cm³/mol. The third-order valence-electron chi connectivity index (χ3n) is 4.55. The lowest BCUT2D eigenvalue weighted by molar-refractivity contribution is 0.239. The largest absolute Gasteiger partial charge is 0.380 e. The van der Waals surface area contributed by atoms with Crippen LogP contribution in [-0.2, 0) is 6.54 Å². The minimum Gasteiger partial charge on any atom is -0.380 e. The van der Waals surface area contributed by atoms with Gasteiger partial charge >= 0.3 is 6.03 Å². The number of rotatable bonds is 8. The molecular formula is C22H27N5O. The van der Waals surface area contributed by atoms with E-state index in [0.29, 0.717) is 19.0 Å². The van der Waals surface area contributed by atoms with Gasteiger partial charge in [0, 0.05) is 37.2 Å². The summed E-state index contributed by atoms with van der Waals surface area (Å²) in [5.41, 5.74) is 3.04. The average molecular weight is 377 g/mol. The Morgan fingerprint density at radius 2 is 1.86 bits per heavy atom. The van der Waals surface area contributed by atoms with Crippen LogP contribution in [0.3, 0.4) is 0 Å². The second-order valence-corrected chi connectivity index (χ2v) is 7.04. The van der Waals surface area contributed by atoms with Crippen molar-refractivity contribution in [2.45, 2.75) is 26.4 Å². The fourth-order valence-corrected chi connectivity index (χ4v) is 2.88. The van der Waals surface area contributed by atoms with Gasteiger partial charge in [0.05, 0.1) is 5.69 Å². The van der Waals surface area contributed by atoms with E-state index >= 15 is 0 Å². The molecule has 3 rings (SSSR count). The van der Waals surface area contributed by atoms with Gasteiger partial charge in [0.15, 0.2) is 0 Å². The van der Waals surface area contributed by atoms with Crippen molar-refractivity contribution < 1.29 is 4.79 Å². The van der Waals surface area contributed by atoms with E-state index in [4.69, 9.17) is 0 Å². The molecule has 6 heteroatoms. The van der Waals surface area contributed by atoms with Crippen molar-refractivity contribution in [1.82, 2.24) is 20.4 Å². The summed E-state index contributed by atoms with van der Waals surface area (Å²) in [6, 6.07) is 19.8. The number of amides is 2. The molecule has 28 heavy (non-hydrogen) atoms. The average Bonchev–Trinajstić information content (AvgIpc) is 3.25. The van der Waals surface area contributed by atoms with E-state index in [9.17, 15) is 4.79 Å². The predicted octanol–water partition coefficient (Wildman–Crippen LogP) is 3.81. The molecule has 3 N–H and O–H groups in total. The van der Waals surface area contributed by atoms with Crippen molar-refractivity contribution in [2.75, 3.05) is 11.9 Å². The Kier molecular flexibility index (Phi) is 6.68. The van der Waals surface area contributed by atoms with Crippen molar-refractivity contribution in [2.24, 2.45) is 5.92 Å². The Morgan fingerprint density at radius 3 is 2.57 bits per heavy atom. The topological polar surface area (TPSA) is 71.0 Å². The quantitative estimate of drug-likeness (QED) is 0.559. The number of aromatic nitrogens is 2. The SMILES string of the molecule is CC(C)C(CNC(=O)NCc1cccc(-n2cccn2)c1)Nc1ccccc1. The van der Waals surface area contributed by atoms with Gasteiger partial charge < -0.3 is 16.0 Å². The maximum Gasteiger partial charge on any atom is 0.315 e. The van der Waals surface area contributed by atoms with E-state index in [1.807, 2.05) is 66.9 Å². The molecule has 2 amide bonds. The number of urea groups is 1. The number of hydrogen-bond acceptors (Lipinski definition) is 3. The highest BCUT2D eigenvalue weighted by Crippen LogP contribution is 2.12. The van der Waals surface area contributed by atoms with Crippen LogP contribution >= 0.6 is 0 Å². The third kappa shape index (κ3) is 5.61. The Bertz CT molecular complexity index is 862. The molecule has 0 fully saturated rings. The van der Waals surface area contributed by atoms with Crippen LogP contribution in [-0.4, -0.2) is 28.4 Å². The molecule has 0 radical (unpaired) electrons. The van der Waals surface area contributed by atoms with Gasteiger partial charge in [-0.3, -0.25) is 0 Å². The highest BCUT2D eigenvalue weighted by molar-refractivity contribution is 5.74. The molecule has 6 nitrogen and oxygen atoms in total. The van der Waals surface area contributed by atoms with Gasteiger partial charge in [-0.1, -0.05) is 44.2 Å². The number of nitrogens with one attached hydrogen (secondary N) is 3. The second-order valence-electron chi connectivity index (χ2n) is 7.04. The lowest BCUT2D eigenvalue weighted by atomic mass is 10.0. The van der Waals surface area contributed by atoms with Gasteiger partial charge in [-0.15, -0.1) is 0 Å². The summed E-state index contributed by atoms with van der Waals surface area (Å²) in [6.45, 7) is 5.28. The van der Waals surface area contributed by atoms with E-state index in [-0.39, 0.29) is 12.1 Å². The molecule has 3 aromatic rings. The molecule has 0 saturated heterocycles. The maximum atomic E-state index is 12.2. The molecule has 0 bridgehead atoms. The zero-order chi connectivity index (χ0) is 19.8. The number of carbonyl (C=O) groups excluding carboxylic acids is 1. The first-order valence-electron chi connectivity index (χ1n) is 9.54. The van der Waals surface area contributed by atoms with E-state index in [2.05, 4.69) is 34.9 Å². The Morgan fingerprint density at radius 1 is 1.04 bits per heavy atom. The smallest absolute Gasteiger partial charge is 0.315 e. The van der Waals surface area contributed by atoms with Crippen molar-refractivity contribution in [1.29, 1.82) is 0 Å².